The predicted molar refractivity (Wildman–Crippen MR) is 121 cm³/mol. The number of ether oxygens (including phenoxy) is 1. The van der Waals surface area contributed by atoms with E-state index >= 15 is 0 Å². The molecule has 1 N–H and O–H groups in total. The van der Waals surface area contributed by atoms with Crippen LogP contribution in [0.3, 0.4) is 0 Å². The molecule has 0 radical (unpaired) electrons. The lowest BCUT2D eigenvalue weighted by Crippen LogP contribution is -2.56. The molecule has 1 amide bonds. The van der Waals surface area contributed by atoms with Crippen LogP contribution in [0, 0.1) is 5.82 Å². The molecule has 202 valence electrons. The highest BCUT2D eigenvalue weighted by molar-refractivity contribution is 5.79. The zero-order valence-electron chi connectivity index (χ0n) is 20.4. The van der Waals surface area contributed by atoms with Crippen LogP contribution < -0.4 is 5.32 Å². The number of benzene rings is 2. The first-order chi connectivity index (χ1) is 17.1. The van der Waals surface area contributed by atoms with Crippen molar-refractivity contribution in [2.45, 2.75) is 68.7 Å². The lowest BCUT2D eigenvalue weighted by molar-refractivity contribution is -0.143. The zero-order valence-corrected chi connectivity index (χ0v) is 20.4. The Bertz CT molecular complexity index is 1120. The van der Waals surface area contributed by atoms with Crippen LogP contribution in [0.2, 0.25) is 0 Å². The Morgan fingerprint density at radius 2 is 1.59 bits per heavy atom. The summed E-state index contributed by atoms with van der Waals surface area (Å²) >= 11 is 0. The number of halogens is 7. The van der Waals surface area contributed by atoms with Crippen molar-refractivity contribution >= 4 is 5.91 Å². The third-order valence-corrected chi connectivity index (χ3v) is 7.43. The highest BCUT2D eigenvalue weighted by atomic mass is 19.4. The van der Waals surface area contributed by atoms with Gasteiger partial charge in [0.2, 0.25) is 5.91 Å². The minimum absolute atomic E-state index is 0.0740. The maximum absolute atomic E-state index is 13.7. The molecule has 2 unspecified atom stereocenters. The molecule has 2 heterocycles. The maximum atomic E-state index is 13.7. The van der Waals surface area contributed by atoms with Crippen LogP contribution in [-0.2, 0) is 21.9 Å². The van der Waals surface area contributed by atoms with Gasteiger partial charge in [-0.2, -0.15) is 26.3 Å². The van der Waals surface area contributed by atoms with Crippen LogP contribution in [-0.4, -0.2) is 42.1 Å². The van der Waals surface area contributed by atoms with Crippen LogP contribution >= 0.6 is 0 Å². The Balaban J connectivity index is 1.70. The number of rotatable bonds is 5. The molecule has 2 aliphatic heterocycles. The largest absolute Gasteiger partial charge is 0.416 e. The van der Waals surface area contributed by atoms with Crippen LogP contribution in [0.1, 0.15) is 61.0 Å². The molecule has 5 atom stereocenters. The van der Waals surface area contributed by atoms with Gasteiger partial charge in [0.1, 0.15) is 5.82 Å². The van der Waals surface area contributed by atoms with Crippen LogP contribution in [0.4, 0.5) is 30.7 Å². The van der Waals surface area contributed by atoms with Crippen LogP contribution in [0.5, 0.6) is 0 Å². The molecule has 4 rings (SSSR count). The summed E-state index contributed by atoms with van der Waals surface area (Å²) in [6.07, 6.45) is -11.1. The van der Waals surface area contributed by atoms with E-state index in [1.807, 2.05) is 6.92 Å². The number of carbonyl (C=O) groups is 1. The quantitative estimate of drug-likeness (QED) is 0.475. The molecule has 0 aromatic heterocycles. The van der Waals surface area contributed by atoms with Crippen molar-refractivity contribution in [1.29, 1.82) is 0 Å². The minimum atomic E-state index is -4.98. The van der Waals surface area contributed by atoms with E-state index in [1.54, 1.807) is 24.1 Å². The summed E-state index contributed by atoms with van der Waals surface area (Å²) in [5.41, 5.74) is -2.98. The standard InChI is InChI=1S/C26H27F7N2O2/c1-14(16-8-17(25(28,29)30)10-18(9-16)26(31,32)33)37-21-13-35-20(11-24(2,34-3)12-22(35)36)23(21)15-4-6-19(27)7-5-15/h4-10,14,20-21,23,34H,11-13H2,1-3H3/t14-,20?,21+,23+,24?/m1/s1. The molecule has 37 heavy (non-hydrogen) atoms. The van der Waals surface area contributed by atoms with Gasteiger partial charge in [0.05, 0.1) is 23.3 Å². The number of fused-ring (bicyclic) bond motifs is 1. The van der Waals surface area contributed by atoms with Crippen molar-refractivity contribution in [3.05, 3.63) is 70.5 Å². The second-order valence-electron chi connectivity index (χ2n) is 10.0. The molecule has 0 saturated carbocycles. The minimum Gasteiger partial charge on any atom is -0.368 e. The second-order valence-corrected chi connectivity index (χ2v) is 10.0. The fourth-order valence-electron chi connectivity index (χ4n) is 5.37. The smallest absolute Gasteiger partial charge is 0.368 e. The molecule has 2 aliphatic rings. The summed E-state index contributed by atoms with van der Waals surface area (Å²) in [7, 11) is 1.74. The number of hydrogen-bond donors (Lipinski definition) is 1. The Hall–Kier alpha value is -2.66. The van der Waals surface area contributed by atoms with Crippen molar-refractivity contribution in [3.63, 3.8) is 0 Å². The Kier molecular flexibility index (Phi) is 7.09. The van der Waals surface area contributed by atoms with E-state index in [9.17, 15) is 35.5 Å². The van der Waals surface area contributed by atoms with E-state index in [4.69, 9.17) is 4.74 Å². The summed E-state index contributed by atoms with van der Waals surface area (Å²) in [5, 5.41) is 3.17. The fourth-order valence-corrected chi connectivity index (χ4v) is 5.37. The number of hydrogen-bond acceptors (Lipinski definition) is 3. The summed E-state index contributed by atoms with van der Waals surface area (Å²) in [6, 6.07) is 6.68. The average Bonchev–Trinajstić information content (AvgIpc) is 3.16. The summed E-state index contributed by atoms with van der Waals surface area (Å²) in [6.45, 7) is 3.40. The normalized spacial score (nSPS) is 27.4. The van der Waals surface area contributed by atoms with E-state index in [0.29, 0.717) is 24.1 Å². The van der Waals surface area contributed by atoms with Gasteiger partial charge in [-0.1, -0.05) is 12.1 Å². The number of alkyl halides is 6. The molecular formula is C26H27F7N2O2. The van der Waals surface area contributed by atoms with Gasteiger partial charge in [0.25, 0.3) is 0 Å². The molecule has 2 saturated heterocycles. The van der Waals surface area contributed by atoms with E-state index in [0.717, 1.165) is 0 Å². The number of amides is 1. The monoisotopic (exact) mass is 532 g/mol. The summed E-state index contributed by atoms with van der Waals surface area (Å²) in [5.74, 6) is -1.07. The molecule has 0 spiro atoms. The number of nitrogens with zero attached hydrogens (tertiary/aromatic N) is 1. The Morgan fingerprint density at radius 3 is 2.11 bits per heavy atom. The first-order valence-electron chi connectivity index (χ1n) is 11.8. The van der Waals surface area contributed by atoms with Gasteiger partial charge >= 0.3 is 12.4 Å². The number of piperidine rings is 1. The second kappa shape index (κ2) is 9.58. The highest BCUT2D eigenvalue weighted by Gasteiger charge is 2.52. The van der Waals surface area contributed by atoms with E-state index < -0.39 is 53.0 Å². The van der Waals surface area contributed by atoms with Gasteiger partial charge in [-0.3, -0.25) is 4.79 Å². The molecule has 4 nitrogen and oxygen atoms in total. The van der Waals surface area contributed by atoms with Gasteiger partial charge in [-0.15, -0.1) is 0 Å². The fraction of sp³-hybridized carbons (Fsp3) is 0.500. The summed E-state index contributed by atoms with van der Waals surface area (Å²) in [4.78, 5) is 14.7. The Morgan fingerprint density at radius 1 is 1.03 bits per heavy atom. The lowest BCUT2D eigenvalue weighted by atomic mass is 9.78. The van der Waals surface area contributed by atoms with Gasteiger partial charge in [0, 0.05) is 30.5 Å². The predicted octanol–water partition coefficient (Wildman–Crippen LogP) is 6.08. The lowest BCUT2D eigenvalue weighted by Gasteiger charge is -2.43. The van der Waals surface area contributed by atoms with Gasteiger partial charge in [-0.25, -0.2) is 4.39 Å². The van der Waals surface area contributed by atoms with Gasteiger partial charge < -0.3 is 15.0 Å². The van der Waals surface area contributed by atoms with Crippen molar-refractivity contribution in [1.82, 2.24) is 10.2 Å². The first-order valence-corrected chi connectivity index (χ1v) is 11.8. The molecule has 2 aromatic rings. The third kappa shape index (κ3) is 5.62. The topological polar surface area (TPSA) is 41.6 Å². The molecule has 2 aromatic carbocycles. The molecule has 0 aliphatic carbocycles. The maximum Gasteiger partial charge on any atom is 0.416 e. The van der Waals surface area contributed by atoms with Gasteiger partial charge in [0.15, 0.2) is 0 Å². The third-order valence-electron chi connectivity index (χ3n) is 7.43. The van der Waals surface area contributed by atoms with Crippen molar-refractivity contribution < 1.29 is 40.3 Å². The number of carbonyl (C=O) groups excluding carboxylic acids is 1. The van der Waals surface area contributed by atoms with Crippen molar-refractivity contribution in [2.75, 3.05) is 13.6 Å². The van der Waals surface area contributed by atoms with Gasteiger partial charge in [-0.05, 0) is 68.8 Å². The molecular weight excluding hydrogens is 505 g/mol. The SMILES string of the molecule is CNC1(C)CC(=O)N2C[C@H](O[C@H](C)c3cc(C(F)(F)F)cc(C(F)(F)F)c3)[C@@H](c3ccc(F)cc3)C2C1. The van der Waals surface area contributed by atoms with E-state index in [-0.39, 0.29) is 36.5 Å². The molecule has 0 bridgehead atoms. The molecule has 2 fully saturated rings. The summed E-state index contributed by atoms with van der Waals surface area (Å²) < 4.78 is 100. The zero-order chi connectivity index (χ0) is 27.3. The Labute approximate surface area is 209 Å². The highest BCUT2D eigenvalue weighted by Crippen LogP contribution is 2.45. The van der Waals surface area contributed by atoms with Crippen LogP contribution in [0.25, 0.3) is 0 Å². The number of nitrogens with one attached hydrogen (secondary N) is 1. The van der Waals surface area contributed by atoms with Crippen molar-refractivity contribution in [3.8, 4) is 0 Å². The average molecular weight is 532 g/mol. The van der Waals surface area contributed by atoms with Crippen LogP contribution in [0.15, 0.2) is 42.5 Å². The van der Waals surface area contributed by atoms with Crippen molar-refractivity contribution in [2.24, 2.45) is 0 Å². The first kappa shape index (κ1) is 27.4. The van der Waals surface area contributed by atoms with E-state index in [1.165, 1.54) is 19.1 Å². The van der Waals surface area contributed by atoms with E-state index in [2.05, 4.69) is 5.32 Å². The molecule has 11 heteroatoms.